The molecule has 1 rings (SSSR count). The van der Waals surface area contributed by atoms with Crippen molar-refractivity contribution >= 4 is 5.91 Å². The number of hydrogen-bond donors (Lipinski definition) is 3. The van der Waals surface area contributed by atoms with Gasteiger partial charge < -0.3 is 20.5 Å². The van der Waals surface area contributed by atoms with E-state index in [9.17, 15) is 4.79 Å². The maximum Gasteiger partial charge on any atom is 0.233 e. The quantitative estimate of drug-likeness (QED) is 0.443. The summed E-state index contributed by atoms with van der Waals surface area (Å²) in [6, 6.07) is 0. The molecule has 5 heteroatoms. The lowest BCUT2D eigenvalue weighted by Crippen LogP contribution is -2.35. The third kappa shape index (κ3) is 7.62. The number of carbonyl (C=O) groups excluding carboxylic acids is 1. The minimum absolute atomic E-state index is 0.0665. The van der Waals surface area contributed by atoms with Crippen molar-refractivity contribution in [3.05, 3.63) is 0 Å². The van der Waals surface area contributed by atoms with E-state index in [-0.39, 0.29) is 12.5 Å². The van der Waals surface area contributed by atoms with E-state index in [0.29, 0.717) is 19.8 Å². The van der Waals surface area contributed by atoms with Crippen LogP contribution < -0.4 is 10.6 Å². The van der Waals surface area contributed by atoms with Crippen molar-refractivity contribution in [1.82, 2.24) is 10.6 Å². The van der Waals surface area contributed by atoms with Crippen LogP contribution >= 0.6 is 0 Å². The molecule has 0 radical (unpaired) electrons. The van der Waals surface area contributed by atoms with Crippen LogP contribution in [-0.2, 0) is 9.53 Å². The Balaban J connectivity index is 1.76. The van der Waals surface area contributed by atoms with E-state index < -0.39 is 0 Å². The van der Waals surface area contributed by atoms with Gasteiger partial charge in [-0.2, -0.15) is 0 Å². The topological polar surface area (TPSA) is 70.6 Å². The Hall–Kier alpha value is -0.650. The highest BCUT2D eigenvalue weighted by atomic mass is 16.5. The molecule has 0 aromatic carbocycles. The van der Waals surface area contributed by atoms with E-state index in [1.54, 1.807) is 0 Å². The van der Waals surface area contributed by atoms with Gasteiger partial charge in [-0.05, 0) is 31.7 Å². The smallest absolute Gasteiger partial charge is 0.233 e. The van der Waals surface area contributed by atoms with Gasteiger partial charge in [-0.3, -0.25) is 4.79 Å². The molecule has 0 atom stereocenters. The summed E-state index contributed by atoms with van der Waals surface area (Å²) in [6.07, 6.45) is 3.38. The molecule has 0 heterocycles. The average Bonchev–Trinajstić information content (AvgIpc) is 3.09. The van der Waals surface area contributed by atoms with Gasteiger partial charge in [0.15, 0.2) is 0 Å². The molecule has 16 heavy (non-hydrogen) atoms. The minimum Gasteiger partial charge on any atom is -0.394 e. The number of nitrogens with one attached hydrogen (secondary N) is 2. The molecule has 1 aliphatic carbocycles. The third-order valence-electron chi connectivity index (χ3n) is 2.45. The van der Waals surface area contributed by atoms with E-state index in [4.69, 9.17) is 9.84 Å². The van der Waals surface area contributed by atoms with Crippen molar-refractivity contribution < 1.29 is 14.6 Å². The normalized spacial score (nSPS) is 15.1. The van der Waals surface area contributed by atoms with Crippen LogP contribution in [0.15, 0.2) is 0 Å². The molecule has 0 saturated heterocycles. The fraction of sp³-hybridized carbons (Fsp3) is 0.909. The molecule has 1 fully saturated rings. The molecule has 0 bridgehead atoms. The third-order valence-corrected chi connectivity index (χ3v) is 2.45. The highest BCUT2D eigenvalue weighted by Gasteiger charge is 2.21. The molecule has 1 saturated carbocycles. The van der Waals surface area contributed by atoms with Gasteiger partial charge in [0, 0.05) is 13.2 Å². The Morgan fingerprint density at radius 3 is 2.88 bits per heavy atom. The van der Waals surface area contributed by atoms with E-state index in [2.05, 4.69) is 10.6 Å². The van der Waals surface area contributed by atoms with Gasteiger partial charge in [0.05, 0.1) is 19.8 Å². The first kappa shape index (κ1) is 13.4. The second kappa shape index (κ2) is 8.50. The van der Waals surface area contributed by atoms with Gasteiger partial charge in [0.25, 0.3) is 0 Å². The monoisotopic (exact) mass is 230 g/mol. The summed E-state index contributed by atoms with van der Waals surface area (Å²) in [4.78, 5) is 11.3. The first-order valence-electron chi connectivity index (χ1n) is 5.99. The zero-order valence-electron chi connectivity index (χ0n) is 9.71. The molecule has 1 amide bonds. The van der Waals surface area contributed by atoms with Crippen LogP contribution in [0.2, 0.25) is 0 Å². The zero-order valence-corrected chi connectivity index (χ0v) is 9.71. The summed E-state index contributed by atoms with van der Waals surface area (Å²) < 4.78 is 5.09. The average molecular weight is 230 g/mol. The van der Waals surface area contributed by atoms with Gasteiger partial charge in [-0.25, -0.2) is 0 Å². The Bertz CT molecular complexity index is 196. The molecule has 0 aromatic rings. The van der Waals surface area contributed by atoms with Crippen LogP contribution in [0.4, 0.5) is 0 Å². The Kier molecular flexibility index (Phi) is 7.12. The lowest BCUT2D eigenvalue weighted by Gasteiger charge is -2.06. The maximum absolute atomic E-state index is 11.3. The highest BCUT2D eigenvalue weighted by Crippen LogP contribution is 2.27. The van der Waals surface area contributed by atoms with Crippen molar-refractivity contribution in [2.75, 3.05) is 39.5 Å². The number of hydrogen-bond acceptors (Lipinski definition) is 4. The molecule has 3 N–H and O–H groups in total. The standard InChI is InChI=1S/C11H22N2O3/c14-5-7-16-6-1-4-12-9-11(15)13-8-10-2-3-10/h10,12,14H,1-9H2,(H,13,15). The summed E-state index contributed by atoms with van der Waals surface area (Å²) in [5.41, 5.74) is 0. The summed E-state index contributed by atoms with van der Waals surface area (Å²) in [7, 11) is 0. The lowest BCUT2D eigenvalue weighted by molar-refractivity contribution is -0.120. The van der Waals surface area contributed by atoms with E-state index >= 15 is 0 Å². The second-order valence-electron chi connectivity index (χ2n) is 4.11. The molecule has 94 valence electrons. The molecular weight excluding hydrogens is 208 g/mol. The highest BCUT2D eigenvalue weighted by molar-refractivity contribution is 5.77. The van der Waals surface area contributed by atoms with Gasteiger partial charge in [-0.1, -0.05) is 0 Å². The number of carbonyl (C=O) groups is 1. The minimum atomic E-state index is 0.0665. The number of aliphatic hydroxyl groups excluding tert-OH is 1. The van der Waals surface area contributed by atoms with Crippen LogP contribution in [-0.4, -0.2) is 50.5 Å². The fourth-order valence-corrected chi connectivity index (χ4v) is 1.31. The summed E-state index contributed by atoms with van der Waals surface area (Å²) in [5, 5.41) is 14.4. The first-order chi connectivity index (χ1) is 7.83. The van der Waals surface area contributed by atoms with Crippen LogP contribution in [0.1, 0.15) is 19.3 Å². The number of rotatable bonds is 10. The van der Waals surface area contributed by atoms with Crippen LogP contribution in [0.25, 0.3) is 0 Å². The van der Waals surface area contributed by atoms with Gasteiger partial charge in [-0.15, -0.1) is 0 Å². The van der Waals surface area contributed by atoms with Crippen LogP contribution in [0.5, 0.6) is 0 Å². The Morgan fingerprint density at radius 1 is 1.38 bits per heavy atom. The van der Waals surface area contributed by atoms with Gasteiger partial charge in [0.2, 0.25) is 5.91 Å². The molecule has 1 aliphatic rings. The molecule has 0 aromatic heterocycles. The molecular formula is C11H22N2O3. The largest absolute Gasteiger partial charge is 0.394 e. The molecule has 0 unspecified atom stereocenters. The predicted octanol–water partition coefficient (Wildman–Crippen LogP) is -0.499. The summed E-state index contributed by atoms with van der Waals surface area (Å²) in [5.74, 6) is 0.805. The molecule has 5 nitrogen and oxygen atoms in total. The van der Waals surface area contributed by atoms with Crippen molar-refractivity contribution in [2.24, 2.45) is 5.92 Å². The van der Waals surface area contributed by atoms with Crippen molar-refractivity contribution in [3.8, 4) is 0 Å². The lowest BCUT2D eigenvalue weighted by atomic mass is 10.4. The van der Waals surface area contributed by atoms with E-state index in [0.717, 1.165) is 25.4 Å². The van der Waals surface area contributed by atoms with Crippen molar-refractivity contribution in [1.29, 1.82) is 0 Å². The van der Waals surface area contributed by atoms with Crippen molar-refractivity contribution in [2.45, 2.75) is 19.3 Å². The first-order valence-corrected chi connectivity index (χ1v) is 5.99. The predicted molar refractivity (Wildman–Crippen MR) is 61.1 cm³/mol. The number of aliphatic hydroxyl groups is 1. The van der Waals surface area contributed by atoms with Crippen LogP contribution in [0, 0.1) is 5.92 Å². The SMILES string of the molecule is O=C(CNCCCOCCO)NCC1CC1. The van der Waals surface area contributed by atoms with Gasteiger partial charge >= 0.3 is 0 Å². The van der Waals surface area contributed by atoms with Gasteiger partial charge in [0.1, 0.15) is 0 Å². The van der Waals surface area contributed by atoms with E-state index in [1.807, 2.05) is 0 Å². The zero-order chi connectivity index (χ0) is 11.6. The molecule has 0 spiro atoms. The maximum atomic E-state index is 11.3. The fourth-order valence-electron chi connectivity index (χ4n) is 1.31. The number of ether oxygens (including phenoxy) is 1. The Labute approximate surface area is 96.6 Å². The summed E-state index contributed by atoms with van der Waals surface area (Å²) in [6.45, 7) is 3.06. The van der Waals surface area contributed by atoms with Crippen LogP contribution in [0.3, 0.4) is 0 Å². The van der Waals surface area contributed by atoms with E-state index in [1.165, 1.54) is 12.8 Å². The van der Waals surface area contributed by atoms with Crippen molar-refractivity contribution in [3.63, 3.8) is 0 Å². The second-order valence-corrected chi connectivity index (χ2v) is 4.11. The molecule has 0 aliphatic heterocycles. The number of amides is 1. The summed E-state index contributed by atoms with van der Waals surface area (Å²) >= 11 is 0. The Morgan fingerprint density at radius 2 is 2.19 bits per heavy atom.